The van der Waals surface area contributed by atoms with Gasteiger partial charge in [-0.15, -0.1) is 0 Å². The molecule has 1 aliphatic carbocycles. The highest BCUT2D eigenvalue weighted by Gasteiger charge is 2.41. The Kier molecular flexibility index (Phi) is 2.75. The molecule has 2 aromatic rings. The van der Waals surface area contributed by atoms with Gasteiger partial charge in [0.25, 0.3) is 0 Å². The molecule has 2 aliphatic rings. The number of benzene rings is 2. The molecule has 1 heteroatoms. The monoisotopic (exact) mass is 273 g/mol. The first-order valence-electron chi connectivity index (χ1n) is 7.59. The fourth-order valence-corrected chi connectivity index (χ4v) is 3.79. The lowest BCUT2D eigenvalue weighted by Crippen LogP contribution is -2.36. The van der Waals surface area contributed by atoms with Crippen molar-refractivity contribution in [1.82, 2.24) is 0 Å². The van der Waals surface area contributed by atoms with Gasteiger partial charge in [-0.2, -0.15) is 0 Å². The molecule has 0 radical (unpaired) electrons. The van der Waals surface area contributed by atoms with Crippen molar-refractivity contribution in [3.8, 4) is 0 Å². The third-order valence-corrected chi connectivity index (χ3v) is 4.96. The van der Waals surface area contributed by atoms with Crippen LogP contribution in [-0.2, 0) is 5.41 Å². The number of allylic oxidation sites excluding steroid dienone is 4. The zero-order valence-electron chi connectivity index (χ0n) is 12.2. The Balaban J connectivity index is 1.96. The van der Waals surface area contributed by atoms with E-state index in [0.717, 1.165) is 6.42 Å². The summed E-state index contributed by atoms with van der Waals surface area (Å²) in [6.07, 6.45) is 10.1. The second-order valence-corrected chi connectivity index (χ2v) is 6.07. The smallest absolute Gasteiger partial charge is 0.0426 e. The van der Waals surface area contributed by atoms with Crippen molar-refractivity contribution in [2.45, 2.75) is 18.8 Å². The average molecular weight is 273 g/mol. The summed E-state index contributed by atoms with van der Waals surface area (Å²) in [6.45, 7) is 2.39. The number of para-hydroxylation sites is 2. The molecule has 2 aromatic carbocycles. The molecular formula is C20H19N. The third kappa shape index (κ3) is 1.77. The van der Waals surface area contributed by atoms with Gasteiger partial charge in [0.05, 0.1) is 0 Å². The molecule has 104 valence electrons. The summed E-state index contributed by atoms with van der Waals surface area (Å²) in [5, 5.41) is 3.59. The van der Waals surface area contributed by atoms with Crippen LogP contribution in [0.2, 0.25) is 0 Å². The zero-order valence-corrected chi connectivity index (χ0v) is 12.2. The number of hydrogen-bond donors (Lipinski definition) is 1. The molecular weight excluding hydrogens is 254 g/mol. The fourth-order valence-electron chi connectivity index (χ4n) is 3.79. The Morgan fingerprint density at radius 3 is 2.10 bits per heavy atom. The van der Waals surface area contributed by atoms with Crippen LogP contribution in [0.1, 0.15) is 24.5 Å². The van der Waals surface area contributed by atoms with Gasteiger partial charge in [0.1, 0.15) is 0 Å². The van der Waals surface area contributed by atoms with Gasteiger partial charge < -0.3 is 5.32 Å². The molecule has 1 N–H and O–H groups in total. The predicted molar refractivity (Wildman–Crippen MR) is 89.0 cm³/mol. The first-order chi connectivity index (χ1) is 10.3. The van der Waals surface area contributed by atoms with Crippen LogP contribution in [0, 0.1) is 5.92 Å². The minimum absolute atomic E-state index is 0.0136. The number of fused-ring (bicyclic) bond motifs is 2. The highest BCUT2D eigenvalue weighted by molar-refractivity contribution is 5.76. The molecule has 4 rings (SSSR count). The predicted octanol–water partition coefficient (Wildman–Crippen LogP) is 5.18. The number of rotatable bonds is 1. The van der Waals surface area contributed by atoms with Crippen LogP contribution in [0.15, 0.2) is 72.8 Å². The molecule has 0 saturated carbocycles. The van der Waals surface area contributed by atoms with Crippen molar-refractivity contribution in [1.29, 1.82) is 0 Å². The second-order valence-electron chi connectivity index (χ2n) is 6.07. The molecule has 0 amide bonds. The van der Waals surface area contributed by atoms with Crippen LogP contribution >= 0.6 is 0 Å². The minimum Gasteiger partial charge on any atom is -0.355 e. The van der Waals surface area contributed by atoms with E-state index >= 15 is 0 Å². The van der Waals surface area contributed by atoms with Crippen LogP contribution in [-0.4, -0.2) is 0 Å². The SMILES string of the molecule is CC1(C2C=CC=CC2)c2ccccc2Nc2ccccc21. The third-order valence-electron chi connectivity index (χ3n) is 4.96. The van der Waals surface area contributed by atoms with Crippen molar-refractivity contribution in [2.24, 2.45) is 5.92 Å². The topological polar surface area (TPSA) is 12.0 Å². The Bertz CT molecular complexity index is 694. The molecule has 0 aromatic heterocycles. The van der Waals surface area contributed by atoms with Crippen LogP contribution in [0.5, 0.6) is 0 Å². The van der Waals surface area contributed by atoms with Crippen molar-refractivity contribution < 1.29 is 0 Å². The van der Waals surface area contributed by atoms with Crippen molar-refractivity contribution in [2.75, 3.05) is 5.32 Å². The molecule has 21 heavy (non-hydrogen) atoms. The number of hydrogen-bond acceptors (Lipinski definition) is 1. The quantitative estimate of drug-likeness (QED) is 0.754. The van der Waals surface area contributed by atoms with E-state index in [2.05, 4.69) is 85.1 Å². The van der Waals surface area contributed by atoms with Crippen LogP contribution in [0.25, 0.3) is 0 Å². The van der Waals surface area contributed by atoms with Gasteiger partial charge >= 0.3 is 0 Å². The van der Waals surface area contributed by atoms with E-state index in [4.69, 9.17) is 0 Å². The van der Waals surface area contributed by atoms with E-state index in [1.807, 2.05) is 0 Å². The maximum absolute atomic E-state index is 3.59. The van der Waals surface area contributed by atoms with Crippen molar-refractivity contribution in [3.05, 3.63) is 84.0 Å². The molecule has 0 fully saturated rings. The number of nitrogens with one attached hydrogen (secondary N) is 1. The lowest BCUT2D eigenvalue weighted by Gasteiger charge is -2.43. The average Bonchev–Trinajstić information content (AvgIpc) is 2.56. The van der Waals surface area contributed by atoms with Gasteiger partial charge in [0, 0.05) is 16.8 Å². The number of anilines is 2. The van der Waals surface area contributed by atoms with E-state index in [-0.39, 0.29) is 5.41 Å². The van der Waals surface area contributed by atoms with Gasteiger partial charge in [-0.1, -0.05) is 67.6 Å². The summed E-state index contributed by atoms with van der Waals surface area (Å²) >= 11 is 0. The lowest BCUT2D eigenvalue weighted by molar-refractivity contribution is 0.415. The van der Waals surface area contributed by atoms with Crippen LogP contribution in [0.4, 0.5) is 11.4 Å². The highest BCUT2D eigenvalue weighted by atomic mass is 14.9. The Labute approximate surface area is 126 Å². The van der Waals surface area contributed by atoms with Gasteiger partial charge in [0.2, 0.25) is 0 Å². The van der Waals surface area contributed by atoms with Gasteiger partial charge in [-0.25, -0.2) is 0 Å². The Morgan fingerprint density at radius 1 is 0.905 bits per heavy atom. The lowest BCUT2D eigenvalue weighted by atomic mass is 9.63. The molecule has 1 unspecified atom stereocenters. The van der Waals surface area contributed by atoms with E-state index in [1.165, 1.54) is 22.5 Å². The van der Waals surface area contributed by atoms with Gasteiger partial charge in [-0.05, 0) is 35.6 Å². The van der Waals surface area contributed by atoms with E-state index in [1.54, 1.807) is 0 Å². The summed E-state index contributed by atoms with van der Waals surface area (Å²) < 4.78 is 0. The van der Waals surface area contributed by atoms with Crippen molar-refractivity contribution in [3.63, 3.8) is 0 Å². The van der Waals surface area contributed by atoms with E-state index in [9.17, 15) is 0 Å². The minimum atomic E-state index is 0.0136. The maximum atomic E-state index is 3.59. The Morgan fingerprint density at radius 2 is 1.52 bits per heavy atom. The standard InChI is InChI=1S/C20H19N/c1-20(15-9-3-2-4-10-15)16-11-5-7-13-18(16)21-19-14-8-6-12-17(19)20/h2-9,11-15,21H,10H2,1H3. The molecule has 1 aliphatic heterocycles. The van der Waals surface area contributed by atoms with Crippen molar-refractivity contribution >= 4 is 11.4 Å². The summed E-state index contributed by atoms with van der Waals surface area (Å²) in [6, 6.07) is 17.4. The largest absolute Gasteiger partial charge is 0.355 e. The maximum Gasteiger partial charge on any atom is 0.0426 e. The fraction of sp³-hybridized carbons (Fsp3) is 0.200. The van der Waals surface area contributed by atoms with Crippen LogP contribution < -0.4 is 5.32 Å². The summed E-state index contributed by atoms with van der Waals surface area (Å²) in [5.41, 5.74) is 5.28. The molecule has 0 bridgehead atoms. The molecule has 1 heterocycles. The first-order valence-corrected chi connectivity index (χ1v) is 7.59. The van der Waals surface area contributed by atoms with E-state index < -0.39 is 0 Å². The van der Waals surface area contributed by atoms with Crippen LogP contribution in [0.3, 0.4) is 0 Å². The zero-order chi connectivity index (χ0) is 14.3. The first kappa shape index (κ1) is 12.5. The molecule has 1 atom stereocenters. The molecule has 1 nitrogen and oxygen atoms in total. The normalized spacial score (nSPS) is 21.3. The molecule has 0 saturated heterocycles. The second kappa shape index (κ2) is 4.63. The Hall–Kier alpha value is -2.28. The van der Waals surface area contributed by atoms with E-state index in [0.29, 0.717) is 5.92 Å². The van der Waals surface area contributed by atoms with Gasteiger partial charge in [-0.3, -0.25) is 0 Å². The highest BCUT2D eigenvalue weighted by Crippen LogP contribution is 2.51. The molecule has 0 spiro atoms. The summed E-state index contributed by atoms with van der Waals surface area (Å²) in [5.74, 6) is 0.493. The summed E-state index contributed by atoms with van der Waals surface area (Å²) in [4.78, 5) is 0. The summed E-state index contributed by atoms with van der Waals surface area (Å²) in [7, 11) is 0. The van der Waals surface area contributed by atoms with Gasteiger partial charge in [0.15, 0.2) is 0 Å².